The lowest BCUT2D eigenvalue weighted by molar-refractivity contribution is -0.0526. The van der Waals surface area contributed by atoms with Crippen LogP contribution in [0.2, 0.25) is 0 Å². The minimum atomic E-state index is -0.0437. The van der Waals surface area contributed by atoms with Crippen LogP contribution in [0.25, 0.3) is 0 Å². The van der Waals surface area contributed by atoms with E-state index in [1.807, 2.05) is 11.8 Å². The fourth-order valence-electron chi connectivity index (χ4n) is 2.30. The average Bonchev–Trinajstić information content (AvgIpc) is 2.36. The molecule has 0 N–H and O–H groups in total. The Balaban J connectivity index is 2.58. The Morgan fingerprint density at radius 3 is 2.26 bits per heavy atom. The van der Waals surface area contributed by atoms with Gasteiger partial charge < -0.3 is 4.74 Å². The zero-order chi connectivity index (χ0) is 17.7. The maximum atomic E-state index is 6.13. The van der Waals surface area contributed by atoms with Gasteiger partial charge in [-0.1, -0.05) is 53.7 Å². The molecule has 0 saturated carbocycles. The number of hydrogen-bond acceptors (Lipinski definition) is 2. The van der Waals surface area contributed by atoms with Crippen molar-refractivity contribution in [2.45, 2.75) is 83.5 Å². The fourth-order valence-corrected chi connectivity index (χ4v) is 3.48. The molecule has 2 heteroatoms. The van der Waals surface area contributed by atoms with Crippen molar-refractivity contribution < 1.29 is 4.74 Å². The number of benzene rings is 1. The highest BCUT2D eigenvalue weighted by molar-refractivity contribution is 8.00. The van der Waals surface area contributed by atoms with Gasteiger partial charge in [-0.15, -0.1) is 11.8 Å². The van der Waals surface area contributed by atoms with Gasteiger partial charge in [0.15, 0.2) is 0 Å². The summed E-state index contributed by atoms with van der Waals surface area (Å²) in [5.41, 5.74) is 1.40. The molecule has 23 heavy (non-hydrogen) atoms. The van der Waals surface area contributed by atoms with Crippen LogP contribution in [0.4, 0.5) is 0 Å². The zero-order valence-electron chi connectivity index (χ0n) is 16.4. The van der Waals surface area contributed by atoms with Crippen molar-refractivity contribution in [3.63, 3.8) is 0 Å². The van der Waals surface area contributed by atoms with E-state index < -0.39 is 0 Å². The van der Waals surface area contributed by atoms with Crippen molar-refractivity contribution in [3.05, 3.63) is 29.8 Å². The molecule has 1 rings (SSSR count). The van der Waals surface area contributed by atoms with Crippen molar-refractivity contribution in [1.29, 1.82) is 0 Å². The van der Waals surface area contributed by atoms with Crippen LogP contribution >= 0.6 is 11.8 Å². The van der Waals surface area contributed by atoms with Crippen LogP contribution in [0.5, 0.6) is 0 Å². The van der Waals surface area contributed by atoms with Crippen LogP contribution in [0.1, 0.15) is 67.4 Å². The lowest BCUT2D eigenvalue weighted by Crippen LogP contribution is -2.32. The molecule has 0 amide bonds. The summed E-state index contributed by atoms with van der Waals surface area (Å²) in [5, 5.41) is 0. The second-order valence-corrected chi connectivity index (χ2v) is 10.2. The van der Waals surface area contributed by atoms with Gasteiger partial charge in [-0.2, -0.15) is 0 Å². The first-order valence-electron chi connectivity index (χ1n) is 8.94. The average molecular weight is 337 g/mol. The summed E-state index contributed by atoms with van der Waals surface area (Å²) < 4.78 is 6.31. The first kappa shape index (κ1) is 20.6. The summed E-state index contributed by atoms with van der Waals surface area (Å²) in [5.74, 6) is 1.24. The Hall–Kier alpha value is -0.470. The smallest absolute Gasteiger partial charge is 0.0649 e. The van der Waals surface area contributed by atoms with E-state index in [2.05, 4.69) is 79.7 Å². The predicted octanol–water partition coefficient (Wildman–Crippen LogP) is 6.60. The third-order valence-electron chi connectivity index (χ3n) is 4.51. The van der Waals surface area contributed by atoms with Gasteiger partial charge in [0, 0.05) is 16.2 Å². The zero-order valence-corrected chi connectivity index (χ0v) is 17.2. The summed E-state index contributed by atoms with van der Waals surface area (Å²) >= 11 is 1.97. The third kappa shape index (κ3) is 7.76. The van der Waals surface area contributed by atoms with E-state index >= 15 is 0 Å². The monoisotopic (exact) mass is 336 g/mol. The number of rotatable bonds is 9. The second-order valence-electron chi connectivity index (χ2n) is 8.46. The van der Waals surface area contributed by atoms with Crippen molar-refractivity contribution in [2.75, 3.05) is 6.61 Å². The molecule has 0 saturated heterocycles. The van der Waals surface area contributed by atoms with Crippen LogP contribution in [0.3, 0.4) is 0 Å². The lowest BCUT2D eigenvalue weighted by atomic mass is 9.94. The third-order valence-corrected chi connectivity index (χ3v) is 5.75. The topological polar surface area (TPSA) is 9.23 Å². The van der Waals surface area contributed by atoms with Crippen LogP contribution < -0.4 is 0 Å². The molecule has 0 spiro atoms. The Morgan fingerprint density at radius 2 is 1.70 bits per heavy atom. The maximum absolute atomic E-state index is 6.13. The van der Waals surface area contributed by atoms with E-state index in [-0.39, 0.29) is 10.3 Å². The molecule has 1 aromatic rings. The molecule has 0 radical (unpaired) electrons. The van der Waals surface area contributed by atoms with E-state index in [1.54, 1.807) is 0 Å². The number of thioether (sulfide) groups is 1. The molecule has 0 fully saturated rings. The van der Waals surface area contributed by atoms with Crippen molar-refractivity contribution in [3.8, 4) is 0 Å². The Morgan fingerprint density at radius 1 is 1.04 bits per heavy atom. The summed E-state index contributed by atoms with van der Waals surface area (Å²) in [6.45, 7) is 18.8. The molecule has 0 bridgehead atoms. The van der Waals surface area contributed by atoms with Crippen molar-refractivity contribution >= 4 is 11.8 Å². The van der Waals surface area contributed by atoms with E-state index in [4.69, 9.17) is 4.74 Å². The van der Waals surface area contributed by atoms with Crippen LogP contribution in [-0.2, 0) is 11.2 Å². The molecule has 1 aromatic carbocycles. The van der Waals surface area contributed by atoms with E-state index in [1.165, 1.54) is 10.5 Å². The van der Waals surface area contributed by atoms with Gasteiger partial charge in [-0.3, -0.25) is 0 Å². The molecule has 0 unspecified atom stereocenters. The molecular formula is C21H36OS. The molecule has 0 aromatic heterocycles. The van der Waals surface area contributed by atoms with Crippen molar-refractivity contribution in [2.24, 2.45) is 11.8 Å². The van der Waals surface area contributed by atoms with E-state index in [0.717, 1.165) is 19.4 Å². The van der Waals surface area contributed by atoms with E-state index in [0.29, 0.717) is 11.8 Å². The summed E-state index contributed by atoms with van der Waals surface area (Å²) in [6.07, 6.45) is 2.21. The SMILES string of the molecule is CC(C)Cc1cccc(SC(C)(C)CCOC(C)(C)C(C)C)c1. The van der Waals surface area contributed by atoms with Gasteiger partial charge >= 0.3 is 0 Å². The number of hydrogen-bond donors (Lipinski definition) is 0. The summed E-state index contributed by atoms with van der Waals surface area (Å²) in [6, 6.07) is 9.01. The minimum Gasteiger partial charge on any atom is -0.375 e. The molecule has 0 heterocycles. The Labute approximate surface area is 148 Å². The first-order valence-corrected chi connectivity index (χ1v) is 9.75. The van der Waals surface area contributed by atoms with Crippen LogP contribution in [0.15, 0.2) is 29.2 Å². The molecule has 132 valence electrons. The molecule has 0 aliphatic rings. The molecule has 0 atom stereocenters. The second kappa shape index (κ2) is 8.58. The van der Waals surface area contributed by atoms with Gasteiger partial charge in [0.1, 0.15) is 0 Å². The highest BCUT2D eigenvalue weighted by atomic mass is 32.2. The molecule has 1 nitrogen and oxygen atoms in total. The highest BCUT2D eigenvalue weighted by Gasteiger charge is 2.25. The molecular weight excluding hydrogens is 300 g/mol. The largest absolute Gasteiger partial charge is 0.375 e. The normalized spacial score (nSPS) is 13.1. The van der Waals surface area contributed by atoms with Crippen LogP contribution in [-0.4, -0.2) is 17.0 Å². The quantitative estimate of drug-likeness (QED) is 0.470. The number of ether oxygens (including phenoxy) is 1. The Kier molecular flexibility index (Phi) is 7.67. The molecule has 0 aliphatic heterocycles. The lowest BCUT2D eigenvalue weighted by Gasteiger charge is -2.32. The van der Waals surface area contributed by atoms with Gasteiger partial charge in [0.2, 0.25) is 0 Å². The predicted molar refractivity (Wildman–Crippen MR) is 104 cm³/mol. The van der Waals surface area contributed by atoms with Crippen molar-refractivity contribution in [1.82, 2.24) is 0 Å². The van der Waals surface area contributed by atoms with Crippen LogP contribution in [0, 0.1) is 11.8 Å². The van der Waals surface area contributed by atoms with Gasteiger partial charge in [0.25, 0.3) is 0 Å². The highest BCUT2D eigenvalue weighted by Crippen LogP contribution is 2.36. The maximum Gasteiger partial charge on any atom is 0.0649 e. The molecule has 0 aliphatic carbocycles. The van der Waals surface area contributed by atoms with Gasteiger partial charge in [0.05, 0.1) is 5.60 Å². The van der Waals surface area contributed by atoms with E-state index in [9.17, 15) is 0 Å². The summed E-state index contributed by atoms with van der Waals surface area (Å²) in [7, 11) is 0. The first-order chi connectivity index (χ1) is 10.5. The summed E-state index contributed by atoms with van der Waals surface area (Å²) in [4.78, 5) is 1.37. The standard InChI is InChI=1S/C21H36OS/c1-16(2)14-18-10-9-11-19(15-18)23-20(5,6)12-13-22-21(7,8)17(3)4/h9-11,15-17H,12-14H2,1-8H3. The minimum absolute atomic E-state index is 0.0437. The van der Waals surface area contributed by atoms with Gasteiger partial charge in [-0.25, -0.2) is 0 Å². The Bertz CT molecular complexity index is 474. The van der Waals surface area contributed by atoms with Gasteiger partial charge in [-0.05, 0) is 56.2 Å². The fraction of sp³-hybridized carbons (Fsp3) is 0.714.